The highest BCUT2D eigenvalue weighted by Gasteiger charge is 2.20. The van der Waals surface area contributed by atoms with Crippen LogP contribution in [0.2, 0.25) is 0 Å². The summed E-state index contributed by atoms with van der Waals surface area (Å²) in [5, 5.41) is 0. The smallest absolute Gasteiger partial charge is 0.131 e. The minimum atomic E-state index is 0.343. The second-order valence-corrected chi connectivity index (χ2v) is 5.75. The van der Waals surface area contributed by atoms with Crippen LogP contribution in [0.15, 0.2) is 6.20 Å². The highest BCUT2D eigenvalue weighted by atomic mass is 15.3. The summed E-state index contributed by atoms with van der Waals surface area (Å²) in [4.78, 5) is 14.0. The van der Waals surface area contributed by atoms with E-state index in [-0.39, 0.29) is 0 Å². The van der Waals surface area contributed by atoms with E-state index in [1.54, 1.807) is 0 Å². The molecule has 0 aliphatic carbocycles. The molecule has 112 valence electrons. The number of anilines is 1. The van der Waals surface area contributed by atoms with Crippen molar-refractivity contribution < 1.29 is 0 Å². The molecule has 0 bridgehead atoms. The minimum absolute atomic E-state index is 0.343. The molecule has 0 spiro atoms. The van der Waals surface area contributed by atoms with Crippen molar-refractivity contribution in [1.82, 2.24) is 14.9 Å². The quantitative estimate of drug-likeness (QED) is 0.885. The zero-order valence-corrected chi connectivity index (χ0v) is 13.0. The average molecular weight is 277 g/mol. The first-order chi connectivity index (χ1) is 9.65. The number of aromatic nitrogens is 2. The lowest BCUT2D eigenvalue weighted by molar-refractivity contribution is 0.258. The molecule has 2 rings (SSSR count). The van der Waals surface area contributed by atoms with E-state index in [2.05, 4.69) is 40.5 Å². The van der Waals surface area contributed by atoms with Crippen molar-refractivity contribution in [2.75, 3.05) is 37.6 Å². The van der Waals surface area contributed by atoms with E-state index >= 15 is 0 Å². The topological polar surface area (TPSA) is 58.3 Å². The van der Waals surface area contributed by atoms with E-state index in [0.717, 1.165) is 43.4 Å². The summed E-state index contributed by atoms with van der Waals surface area (Å²) < 4.78 is 0. The van der Waals surface area contributed by atoms with Gasteiger partial charge in [-0.25, -0.2) is 9.97 Å². The third-order valence-corrected chi connectivity index (χ3v) is 3.83. The molecule has 0 radical (unpaired) electrons. The third kappa shape index (κ3) is 3.46. The number of hydrogen-bond acceptors (Lipinski definition) is 5. The van der Waals surface area contributed by atoms with Crippen molar-refractivity contribution in [3.63, 3.8) is 0 Å². The maximum atomic E-state index is 5.87. The maximum absolute atomic E-state index is 5.87. The largest absolute Gasteiger partial charge is 0.366 e. The standard InChI is InChI=1S/C15H27N5/c1-4-5-19-6-8-20(9-7-19)14-11-17-15(12(2)3)18-13(14)10-16/h11-12H,4-10,16H2,1-3H3. The van der Waals surface area contributed by atoms with Crippen LogP contribution in [0.3, 0.4) is 0 Å². The molecular weight excluding hydrogens is 250 g/mol. The van der Waals surface area contributed by atoms with Crippen LogP contribution in [0.4, 0.5) is 5.69 Å². The van der Waals surface area contributed by atoms with Crippen LogP contribution in [-0.2, 0) is 6.54 Å². The summed E-state index contributed by atoms with van der Waals surface area (Å²) in [7, 11) is 0. The molecule has 0 unspecified atom stereocenters. The fraction of sp³-hybridized carbons (Fsp3) is 0.733. The van der Waals surface area contributed by atoms with Gasteiger partial charge in [0.25, 0.3) is 0 Å². The normalized spacial score (nSPS) is 16.9. The predicted octanol–water partition coefficient (Wildman–Crippen LogP) is 1.59. The molecular formula is C15H27N5. The molecule has 1 aliphatic rings. The number of hydrogen-bond donors (Lipinski definition) is 1. The summed E-state index contributed by atoms with van der Waals surface area (Å²) in [5.74, 6) is 1.23. The molecule has 1 saturated heterocycles. The van der Waals surface area contributed by atoms with Gasteiger partial charge in [0.2, 0.25) is 0 Å². The molecule has 0 amide bonds. The van der Waals surface area contributed by atoms with Crippen LogP contribution >= 0.6 is 0 Å². The number of piperazine rings is 1. The second-order valence-electron chi connectivity index (χ2n) is 5.75. The molecule has 1 fully saturated rings. The van der Waals surface area contributed by atoms with Crippen LogP contribution in [0.1, 0.15) is 44.6 Å². The van der Waals surface area contributed by atoms with E-state index < -0.39 is 0 Å². The van der Waals surface area contributed by atoms with Crippen molar-refractivity contribution in [3.05, 3.63) is 17.7 Å². The molecule has 1 aromatic heterocycles. The SMILES string of the molecule is CCCN1CCN(c2cnc(C(C)C)nc2CN)CC1. The predicted molar refractivity (Wildman–Crippen MR) is 83.0 cm³/mol. The zero-order valence-electron chi connectivity index (χ0n) is 13.0. The molecule has 20 heavy (non-hydrogen) atoms. The van der Waals surface area contributed by atoms with Crippen molar-refractivity contribution in [2.45, 2.75) is 39.7 Å². The monoisotopic (exact) mass is 277 g/mol. The van der Waals surface area contributed by atoms with E-state index in [4.69, 9.17) is 5.73 Å². The number of rotatable bonds is 5. The highest BCUT2D eigenvalue weighted by Crippen LogP contribution is 2.21. The summed E-state index contributed by atoms with van der Waals surface area (Å²) in [5.41, 5.74) is 7.97. The molecule has 1 aromatic rings. The first-order valence-corrected chi connectivity index (χ1v) is 7.68. The number of nitrogens with two attached hydrogens (primary N) is 1. The molecule has 0 atom stereocenters. The van der Waals surface area contributed by atoms with Crippen LogP contribution in [0.5, 0.6) is 0 Å². The molecule has 0 aromatic carbocycles. The Morgan fingerprint density at radius 3 is 2.50 bits per heavy atom. The van der Waals surface area contributed by atoms with E-state index in [9.17, 15) is 0 Å². The summed E-state index contributed by atoms with van der Waals surface area (Å²) in [6.07, 6.45) is 3.18. The molecule has 2 heterocycles. The van der Waals surface area contributed by atoms with Crippen LogP contribution in [0.25, 0.3) is 0 Å². The summed E-state index contributed by atoms with van der Waals surface area (Å²) in [6.45, 7) is 12.4. The Morgan fingerprint density at radius 2 is 1.95 bits per heavy atom. The fourth-order valence-corrected chi connectivity index (χ4v) is 2.65. The van der Waals surface area contributed by atoms with E-state index in [0.29, 0.717) is 12.5 Å². The average Bonchev–Trinajstić information content (AvgIpc) is 2.47. The molecule has 1 aliphatic heterocycles. The molecule has 5 heteroatoms. The van der Waals surface area contributed by atoms with Gasteiger partial charge in [0.05, 0.1) is 17.6 Å². The summed E-state index contributed by atoms with van der Waals surface area (Å²) in [6, 6.07) is 0. The van der Waals surface area contributed by atoms with E-state index in [1.807, 2.05) is 6.20 Å². The molecule has 2 N–H and O–H groups in total. The maximum Gasteiger partial charge on any atom is 0.131 e. The highest BCUT2D eigenvalue weighted by molar-refractivity contribution is 5.49. The van der Waals surface area contributed by atoms with Crippen molar-refractivity contribution in [1.29, 1.82) is 0 Å². The van der Waals surface area contributed by atoms with Gasteiger partial charge in [0.15, 0.2) is 0 Å². The van der Waals surface area contributed by atoms with Gasteiger partial charge in [-0.15, -0.1) is 0 Å². The van der Waals surface area contributed by atoms with Crippen molar-refractivity contribution in [2.24, 2.45) is 5.73 Å². The lowest BCUT2D eigenvalue weighted by Gasteiger charge is -2.36. The van der Waals surface area contributed by atoms with Gasteiger partial charge in [-0.1, -0.05) is 20.8 Å². The lowest BCUT2D eigenvalue weighted by atomic mass is 10.2. The van der Waals surface area contributed by atoms with Gasteiger partial charge in [-0.3, -0.25) is 4.90 Å². The van der Waals surface area contributed by atoms with Crippen molar-refractivity contribution in [3.8, 4) is 0 Å². The Morgan fingerprint density at radius 1 is 1.25 bits per heavy atom. The number of nitrogens with zero attached hydrogens (tertiary/aromatic N) is 4. The third-order valence-electron chi connectivity index (χ3n) is 3.83. The Labute approximate surface area is 122 Å². The fourth-order valence-electron chi connectivity index (χ4n) is 2.65. The second kappa shape index (κ2) is 6.99. The van der Waals surface area contributed by atoms with Crippen LogP contribution in [-0.4, -0.2) is 47.6 Å². The van der Waals surface area contributed by atoms with Gasteiger partial charge >= 0.3 is 0 Å². The lowest BCUT2D eigenvalue weighted by Crippen LogP contribution is -2.47. The minimum Gasteiger partial charge on any atom is -0.366 e. The summed E-state index contributed by atoms with van der Waals surface area (Å²) >= 11 is 0. The van der Waals surface area contributed by atoms with Gasteiger partial charge in [0.1, 0.15) is 5.82 Å². The van der Waals surface area contributed by atoms with Gasteiger partial charge in [-0.05, 0) is 13.0 Å². The van der Waals surface area contributed by atoms with Crippen LogP contribution in [0, 0.1) is 0 Å². The zero-order chi connectivity index (χ0) is 14.5. The Hall–Kier alpha value is -1.20. The molecule has 5 nitrogen and oxygen atoms in total. The Bertz CT molecular complexity index is 424. The van der Waals surface area contributed by atoms with Gasteiger partial charge in [-0.2, -0.15) is 0 Å². The Balaban J connectivity index is 2.09. The first-order valence-electron chi connectivity index (χ1n) is 7.68. The first kappa shape index (κ1) is 15.2. The van der Waals surface area contributed by atoms with E-state index in [1.165, 1.54) is 13.0 Å². The van der Waals surface area contributed by atoms with Gasteiger partial charge < -0.3 is 10.6 Å². The molecule has 0 saturated carbocycles. The van der Waals surface area contributed by atoms with Gasteiger partial charge in [0, 0.05) is 38.6 Å². The van der Waals surface area contributed by atoms with Crippen LogP contribution < -0.4 is 10.6 Å². The Kier molecular flexibility index (Phi) is 5.31. The van der Waals surface area contributed by atoms with Crippen molar-refractivity contribution >= 4 is 5.69 Å².